The van der Waals surface area contributed by atoms with E-state index in [4.69, 9.17) is 16.2 Å². The van der Waals surface area contributed by atoms with E-state index in [1.807, 2.05) is 6.07 Å². The van der Waals surface area contributed by atoms with E-state index in [1.165, 1.54) is 4.90 Å². The van der Waals surface area contributed by atoms with E-state index in [0.29, 0.717) is 23.6 Å². The molecule has 0 saturated carbocycles. The fourth-order valence-corrected chi connectivity index (χ4v) is 6.33. The molecule has 1 saturated heterocycles. The number of rotatable bonds is 5. The Morgan fingerprint density at radius 3 is 2.71 bits per heavy atom. The molecule has 5 heterocycles. The van der Waals surface area contributed by atoms with Crippen LogP contribution in [0.2, 0.25) is 0 Å². The largest absolute Gasteiger partial charge is 0.492 e. The number of aliphatic hydroxyl groups is 2. The van der Waals surface area contributed by atoms with E-state index >= 15 is 0 Å². The fourth-order valence-electron chi connectivity index (χ4n) is 6.33. The first-order valence-electron chi connectivity index (χ1n) is 13.7. The minimum absolute atomic E-state index is 0.0176. The Kier molecular flexibility index (Phi) is 6.27. The van der Waals surface area contributed by atoms with Gasteiger partial charge in [0.2, 0.25) is 5.79 Å². The highest BCUT2D eigenvalue weighted by atomic mass is 16.5. The smallest absolute Gasteiger partial charge is 0.343 e. The Hall–Kier alpha value is -4.50. The van der Waals surface area contributed by atoms with Gasteiger partial charge in [-0.15, -0.1) is 5.10 Å². The number of aryl methyl sites for hydroxylation is 1. The molecule has 4 aliphatic heterocycles. The maximum atomic E-state index is 13.6. The summed E-state index contributed by atoms with van der Waals surface area (Å²) < 4.78 is 5.90. The van der Waals surface area contributed by atoms with Crippen molar-refractivity contribution in [1.29, 1.82) is 0 Å². The van der Waals surface area contributed by atoms with Gasteiger partial charge in [-0.05, 0) is 37.0 Å². The van der Waals surface area contributed by atoms with E-state index < -0.39 is 41.4 Å². The van der Waals surface area contributed by atoms with Gasteiger partial charge in [0, 0.05) is 12.1 Å². The number of aliphatic imine (C=N–C) groups is 1. The molecule has 0 radical (unpaired) electrons. The first kappa shape index (κ1) is 27.7. The van der Waals surface area contributed by atoms with Crippen molar-refractivity contribution in [2.45, 2.75) is 62.2 Å². The average Bonchev–Trinajstić information content (AvgIpc) is 3.41. The van der Waals surface area contributed by atoms with Crippen LogP contribution in [0.5, 0.6) is 5.75 Å². The maximum absolute atomic E-state index is 13.6. The number of nitrogens with zero attached hydrogens (tertiary/aromatic N) is 4. The van der Waals surface area contributed by atoms with Gasteiger partial charge in [0.25, 0.3) is 17.5 Å². The molecule has 0 bridgehead atoms. The van der Waals surface area contributed by atoms with Gasteiger partial charge >= 0.3 is 5.96 Å². The standard InChI is InChI=1S/C27H34N10O5/c1-13-7-8-16(36-35-13)22(39)30-11-17-20-26(34-23(28)33-20)27(40,41)18(12-37(26)24(29)31-17)32-21(38)14-5-4-6-15-19(14)42-10-9-25(15,2)3/h4-8,17-18,20,40-41H,9-12H2,1-3H3,(H2,29,31)(H,30,39)(H,32,38)(H3,28,33,34)/p+1/t17-,18-,20-,26-/m0/s1. The molecular formula is C27H35N10O5+. The molecule has 6 rings (SSSR count). The number of nitrogens with one attached hydrogen (secondary N) is 4. The molecule has 1 fully saturated rings. The van der Waals surface area contributed by atoms with Gasteiger partial charge < -0.3 is 31.3 Å². The number of guanidine groups is 2. The van der Waals surface area contributed by atoms with Crippen LogP contribution < -0.4 is 37.1 Å². The molecule has 15 heteroatoms. The van der Waals surface area contributed by atoms with Crippen molar-refractivity contribution >= 4 is 23.7 Å². The topological polar surface area (TPSA) is 227 Å². The number of nitrogens with two attached hydrogens (primary N) is 2. The van der Waals surface area contributed by atoms with E-state index in [2.05, 4.69) is 50.0 Å². The summed E-state index contributed by atoms with van der Waals surface area (Å²) in [6.07, 6.45) is 0.804. The molecule has 1 spiro atoms. The summed E-state index contributed by atoms with van der Waals surface area (Å²) in [4.78, 5) is 35.3. The summed E-state index contributed by atoms with van der Waals surface area (Å²) in [6, 6.07) is 5.72. The highest BCUT2D eigenvalue weighted by Gasteiger charge is 2.76. The molecule has 0 unspecified atom stereocenters. The molecule has 10 N–H and O–H groups in total. The van der Waals surface area contributed by atoms with Crippen LogP contribution in [-0.4, -0.2) is 98.3 Å². The van der Waals surface area contributed by atoms with Crippen molar-refractivity contribution < 1.29 is 29.5 Å². The quantitative estimate of drug-likeness (QED) is 0.160. The molecule has 222 valence electrons. The lowest BCUT2D eigenvalue weighted by Gasteiger charge is -2.46. The Balaban J connectivity index is 1.26. The minimum atomic E-state index is -2.60. The first-order valence-corrected chi connectivity index (χ1v) is 13.7. The van der Waals surface area contributed by atoms with Crippen LogP contribution >= 0.6 is 0 Å². The number of ether oxygens (including phenoxy) is 1. The molecule has 15 nitrogen and oxygen atoms in total. The fraction of sp³-hybridized carbons (Fsp3) is 0.481. The maximum Gasteiger partial charge on any atom is 0.343 e. The Morgan fingerprint density at radius 2 is 1.98 bits per heavy atom. The van der Waals surface area contributed by atoms with E-state index in [9.17, 15) is 19.8 Å². The predicted molar refractivity (Wildman–Crippen MR) is 149 cm³/mol. The van der Waals surface area contributed by atoms with Crippen LogP contribution in [0.3, 0.4) is 0 Å². The van der Waals surface area contributed by atoms with Crippen LogP contribution in [0.4, 0.5) is 0 Å². The van der Waals surface area contributed by atoms with Crippen LogP contribution in [-0.2, 0) is 5.41 Å². The zero-order chi connectivity index (χ0) is 30.0. The molecule has 4 aliphatic rings. The minimum Gasteiger partial charge on any atom is -0.492 e. The Bertz CT molecular complexity index is 1510. The SMILES string of the molecule is Cc1ccc(C(=O)NC[C@@H]2N=C(N)N3C[C@H](NC(=O)c4cccc5c4OCCC5(C)C)C(O)(O)[C@@]34NC(N)=[NH+][C@@H]24)nn1. The number of carbonyl (C=O) groups excluding carboxylic acids is 2. The van der Waals surface area contributed by atoms with E-state index in [0.717, 1.165) is 12.0 Å². The molecular weight excluding hydrogens is 544 g/mol. The lowest BCUT2D eigenvalue weighted by atomic mass is 9.79. The van der Waals surface area contributed by atoms with Crippen molar-refractivity contribution in [3.63, 3.8) is 0 Å². The number of fused-ring (bicyclic) bond motifs is 1. The summed E-state index contributed by atoms with van der Waals surface area (Å²) in [7, 11) is 0. The van der Waals surface area contributed by atoms with Crippen LogP contribution in [0, 0.1) is 6.92 Å². The van der Waals surface area contributed by atoms with Gasteiger partial charge in [-0.2, -0.15) is 5.10 Å². The second kappa shape index (κ2) is 9.52. The third-order valence-electron chi connectivity index (χ3n) is 8.65. The van der Waals surface area contributed by atoms with Crippen LogP contribution in [0.15, 0.2) is 35.3 Å². The predicted octanol–water partition coefficient (Wildman–Crippen LogP) is -3.87. The van der Waals surface area contributed by atoms with Crippen LogP contribution in [0.1, 0.15) is 52.4 Å². The van der Waals surface area contributed by atoms with Crippen molar-refractivity contribution in [1.82, 2.24) is 31.0 Å². The Labute approximate surface area is 241 Å². The van der Waals surface area contributed by atoms with Gasteiger partial charge in [-0.25, -0.2) is 10.3 Å². The number of para-hydroxylation sites is 1. The highest BCUT2D eigenvalue weighted by molar-refractivity contribution is 5.98. The van der Waals surface area contributed by atoms with E-state index in [1.54, 1.807) is 31.2 Å². The number of carbonyl (C=O) groups is 2. The summed E-state index contributed by atoms with van der Waals surface area (Å²) in [5.41, 5.74) is 12.6. The van der Waals surface area contributed by atoms with E-state index in [-0.39, 0.29) is 36.1 Å². The molecule has 1 aromatic heterocycles. The first-order chi connectivity index (χ1) is 19.8. The number of hydrogen-bond donors (Lipinski definition) is 8. The van der Waals surface area contributed by atoms with Crippen molar-refractivity contribution in [2.24, 2.45) is 16.5 Å². The third-order valence-corrected chi connectivity index (χ3v) is 8.65. The second-order valence-electron chi connectivity index (χ2n) is 11.8. The number of hydrogen-bond acceptors (Lipinski definition) is 12. The number of amides is 2. The summed E-state index contributed by atoms with van der Waals surface area (Å²) in [5, 5.41) is 39.8. The van der Waals surface area contributed by atoms with Crippen molar-refractivity contribution in [3.05, 3.63) is 52.8 Å². The monoisotopic (exact) mass is 579 g/mol. The number of aromatic nitrogens is 2. The van der Waals surface area contributed by atoms with Gasteiger partial charge in [0.05, 0.1) is 24.4 Å². The second-order valence-corrected chi connectivity index (χ2v) is 11.8. The zero-order valence-corrected chi connectivity index (χ0v) is 23.5. The highest BCUT2D eigenvalue weighted by Crippen LogP contribution is 2.43. The van der Waals surface area contributed by atoms with Gasteiger partial charge in [-0.1, -0.05) is 26.0 Å². The van der Waals surface area contributed by atoms with Crippen molar-refractivity contribution in [2.75, 3.05) is 19.7 Å². The zero-order valence-electron chi connectivity index (χ0n) is 23.5. The average molecular weight is 580 g/mol. The number of benzene rings is 1. The summed E-state index contributed by atoms with van der Waals surface area (Å²) in [6.45, 7) is 6.27. The van der Waals surface area contributed by atoms with Gasteiger partial charge in [0.1, 0.15) is 17.8 Å². The van der Waals surface area contributed by atoms with Crippen LogP contribution in [0.25, 0.3) is 0 Å². The molecule has 0 aliphatic carbocycles. The molecule has 4 atom stereocenters. The van der Waals surface area contributed by atoms with Crippen molar-refractivity contribution in [3.8, 4) is 5.75 Å². The molecule has 2 amide bonds. The molecule has 2 aromatic rings. The molecule has 1 aromatic carbocycles. The lowest BCUT2D eigenvalue weighted by molar-refractivity contribution is -0.521. The lowest BCUT2D eigenvalue weighted by Crippen LogP contribution is -2.90. The normalized spacial score (nSPS) is 28.2. The summed E-state index contributed by atoms with van der Waals surface area (Å²) >= 11 is 0. The Morgan fingerprint density at radius 1 is 1.19 bits per heavy atom. The molecule has 42 heavy (non-hydrogen) atoms. The summed E-state index contributed by atoms with van der Waals surface area (Å²) in [5.74, 6) is -3.09. The van der Waals surface area contributed by atoms with Gasteiger partial charge in [-0.3, -0.25) is 25.2 Å². The third kappa shape index (κ3) is 4.10. The van der Waals surface area contributed by atoms with Gasteiger partial charge in [0.15, 0.2) is 17.7 Å².